The van der Waals surface area contributed by atoms with E-state index >= 15 is 0 Å². The van der Waals surface area contributed by atoms with Gasteiger partial charge < -0.3 is 5.32 Å². The van der Waals surface area contributed by atoms with Crippen molar-refractivity contribution in [2.24, 2.45) is 0 Å². The van der Waals surface area contributed by atoms with Gasteiger partial charge in [0.15, 0.2) is 5.65 Å². The number of hydrogen-bond donors (Lipinski definition) is 2. The molecular formula is C20H21ClN4O2. The zero-order chi connectivity index (χ0) is 19.0. The molecule has 27 heavy (non-hydrogen) atoms. The monoisotopic (exact) mass is 384 g/mol. The number of rotatable bonds is 4. The van der Waals surface area contributed by atoms with Crippen molar-refractivity contribution in [2.45, 2.75) is 45.1 Å². The maximum Gasteiger partial charge on any atom is 0.276 e. The van der Waals surface area contributed by atoms with Crippen LogP contribution in [0.25, 0.3) is 5.65 Å². The van der Waals surface area contributed by atoms with Gasteiger partial charge in [-0.15, -0.1) is 0 Å². The van der Waals surface area contributed by atoms with Gasteiger partial charge in [-0.1, -0.05) is 36.6 Å². The molecule has 0 spiro atoms. The summed E-state index contributed by atoms with van der Waals surface area (Å²) in [7, 11) is 0. The van der Waals surface area contributed by atoms with Gasteiger partial charge in [0.05, 0.1) is 0 Å². The van der Waals surface area contributed by atoms with Gasteiger partial charge in [-0.2, -0.15) is 0 Å². The summed E-state index contributed by atoms with van der Waals surface area (Å²) in [6, 6.07) is 7.60. The van der Waals surface area contributed by atoms with Crippen molar-refractivity contribution in [3.63, 3.8) is 0 Å². The summed E-state index contributed by atoms with van der Waals surface area (Å²) >= 11 is 5.93. The number of nitrogens with one attached hydrogen (secondary N) is 2. The number of aromatic amines is 1. The smallest absolute Gasteiger partial charge is 0.276 e. The van der Waals surface area contributed by atoms with Crippen LogP contribution in [0.2, 0.25) is 5.02 Å². The van der Waals surface area contributed by atoms with Crippen molar-refractivity contribution in [3.8, 4) is 0 Å². The van der Waals surface area contributed by atoms with E-state index < -0.39 is 0 Å². The number of nitrogens with zero attached hydrogens (tertiary/aromatic N) is 2. The third kappa shape index (κ3) is 3.49. The lowest BCUT2D eigenvalue weighted by Gasteiger charge is -2.11. The zero-order valence-corrected chi connectivity index (χ0v) is 15.8. The molecule has 2 N–H and O–H groups in total. The number of carbonyl (C=O) groups is 1. The van der Waals surface area contributed by atoms with Gasteiger partial charge in [-0.3, -0.25) is 14.7 Å². The van der Waals surface area contributed by atoms with Crippen LogP contribution in [0.3, 0.4) is 0 Å². The van der Waals surface area contributed by atoms with Crippen LogP contribution in [0, 0.1) is 6.92 Å². The highest BCUT2D eigenvalue weighted by Crippen LogP contribution is 2.19. The van der Waals surface area contributed by atoms with Crippen LogP contribution in [0.15, 0.2) is 35.3 Å². The molecule has 0 atom stereocenters. The van der Waals surface area contributed by atoms with Crippen LogP contribution in [-0.4, -0.2) is 26.5 Å². The van der Waals surface area contributed by atoms with E-state index in [1.165, 1.54) is 4.52 Å². The lowest BCUT2D eigenvalue weighted by Crippen LogP contribution is -2.32. The Bertz CT molecular complexity index is 1050. The van der Waals surface area contributed by atoms with E-state index in [-0.39, 0.29) is 17.5 Å². The van der Waals surface area contributed by atoms with Gasteiger partial charge in [-0.25, -0.2) is 9.50 Å². The predicted molar refractivity (Wildman–Crippen MR) is 105 cm³/mol. The zero-order valence-electron chi connectivity index (χ0n) is 15.1. The van der Waals surface area contributed by atoms with Crippen LogP contribution in [0.1, 0.15) is 52.9 Å². The second kappa shape index (κ2) is 7.19. The molecule has 140 valence electrons. The van der Waals surface area contributed by atoms with Crippen molar-refractivity contribution in [3.05, 3.63) is 68.2 Å². The molecule has 1 fully saturated rings. The number of amides is 1. The number of carbonyl (C=O) groups excluding carboxylic acids is 1. The highest BCUT2D eigenvalue weighted by molar-refractivity contribution is 6.30. The summed E-state index contributed by atoms with van der Waals surface area (Å²) in [6.45, 7) is 1.80. The third-order valence-electron chi connectivity index (χ3n) is 5.19. The Morgan fingerprint density at radius 2 is 2.00 bits per heavy atom. The minimum Gasteiger partial charge on any atom is -0.349 e. The fourth-order valence-corrected chi connectivity index (χ4v) is 3.79. The second-order valence-electron chi connectivity index (χ2n) is 7.09. The third-order valence-corrected chi connectivity index (χ3v) is 5.44. The Morgan fingerprint density at radius 3 is 2.70 bits per heavy atom. The summed E-state index contributed by atoms with van der Waals surface area (Å²) in [5.74, 6) is -0.183. The Kier molecular flexibility index (Phi) is 4.74. The van der Waals surface area contributed by atoms with Crippen molar-refractivity contribution in [1.82, 2.24) is 19.9 Å². The molecule has 7 heteroatoms. The predicted octanol–water partition coefficient (Wildman–Crippen LogP) is 3.25. The number of benzene rings is 1. The molecule has 2 heterocycles. The number of aryl methyl sites for hydroxylation is 1. The first-order valence-electron chi connectivity index (χ1n) is 9.18. The number of H-pyrrole nitrogens is 1. The lowest BCUT2D eigenvalue weighted by atomic mass is 10.1. The molecule has 4 rings (SSSR count). The Hall–Kier alpha value is -2.60. The molecular weight excluding hydrogens is 364 g/mol. The largest absolute Gasteiger partial charge is 0.349 e. The van der Waals surface area contributed by atoms with Crippen molar-refractivity contribution in [2.75, 3.05) is 0 Å². The molecule has 3 aromatic rings. The topological polar surface area (TPSA) is 79.3 Å². The number of hydrogen-bond acceptors (Lipinski definition) is 3. The van der Waals surface area contributed by atoms with Gasteiger partial charge in [0, 0.05) is 34.9 Å². The van der Waals surface area contributed by atoms with Gasteiger partial charge in [0.1, 0.15) is 5.56 Å². The summed E-state index contributed by atoms with van der Waals surface area (Å²) in [6.07, 6.45) is 6.31. The molecule has 1 aliphatic carbocycles. The second-order valence-corrected chi connectivity index (χ2v) is 7.52. The van der Waals surface area contributed by atoms with Crippen LogP contribution in [0.5, 0.6) is 0 Å². The molecule has 0 aliphatic heterocycles. The lowest BCUT2D eigenvalue weighted by molar-refractivity contribution is 0.0939. The maximum absolute atomic E-state index is 12.9. The number of fused-ring (bicyclic) bond motifs is 1. The first kappa shape index (κ1) is 17.8. The average molecular weight is 385 g/mol. The highest BCUT2D eigenvalue weighted by Gasteiger charge is 2.22. The Morgan fingerprint density at radius 1 is 1.30 bits per heavy atom. The summed E-state index contributed by atoms with van der Waals surface area (Å²) in [4.78, 5) is 30.1. The molecule has 1 aliphatic rings. The van der Waals surface area contributed by atoms with Crippen molar-refractivity contribution in [1.29, 1.82) is 0 Å². The SMILES string of the molecule is Cc1nc2c(C(=O)NC3CCCC3)c[nH]n2c(=O)c1Cc1ccc(Cl)cc1. The Labute approximate surface area is 161 Å². The Balaban J connectivity index is 1.67. The molecule has 0 radical (unpaired) electrons. The molecule has 0 saturated heterocycles. The molecule has 0 unspecified atom stereocenters. The fraction of sp³-hybridized carbons (Fsp3) is 0.350. The molecule has 0 bridgehead atoms. The van der Waals surface area contributed by atoms with E-state index in [1.807, 2.05) is 12.1 Å². The van der Waals surface area contributed by atoms with E-state index in [9.17, 15) is 9.59 Å². The van der Waals surface area contributed by atoms with Gasteiger partial charge >= 0.3 is 0 Å². The molecule has 2 aromatic heterocycles. The first-order valence-corrected chi connectivity index (χ1v) is 9.55. The molecule has 6 nitrogen and oxygen atoms in total. The number of aromatic nitrogens is 3. The summed E-state index contributed by atoms with van der Waals surface area (Å²) in [5, 5.41) is 6.59. The van der Waals surface area contributed by atoms with E-state index in [2.05, 4.69) is 15.4 Å². The van der Waals surface area contributed by atoms with Gasteiger partial charge in [0.25, 0.3) is 11.5 Å². The van der Waals surface area contributed by atoms with Crippen LogP contribution in [-0.2, 0) is 6.42 Å². The fourth-order valence-electron chi connectivity index (χ4n) is 3.67. The van der Waals surface area contributed by atoms with Crippen LogP contribution >= 0.6 is 11.6 Å². The summed E-state index contributed by atoms with van der Waals surface area (Å²) < 4.78 is 1.35. The van der Waals surface area contributed by atoms with Gasteiger partial charge in [-0.05, 0) is 37.5 Å². The quantitative estimate of drug-likeness (QED) is 0.724. The number of halogens is 1. The van der Waals surface area contributed by atoms with E-state index in [1.54, 1.807) is 25.3 Å². The van der Waals surface area contributed by atoms with Crippen molar-refractivity contribution >= 4 is 23.2 Å². The minimum atomic E-state index is -0.188. The first-order chi connectivity index (χ1) is 13.0. The maximum atomic E-state index is 12.9. The standard InChI is InChI=1S/C20H21ClN4O2/c1-12-16(10-13-6-8-14(21)9-7-13)20(27)25-18(23-12)17(11-22-25)19(26)24-15-4-2-3-5-15/h6-9,11,15,22H,2-5,10H2,1H3,(H,24,26). The highest BCUT2D eigenvalue weighted by atomic mass is 35.5. The minimum absolute atomic E-state index is 0.183. The van der Waals surface area contributed by atoms with Crippen LogP contribution in [0.4, 0.5) is 0 Å². The average Bonchev–Trinajstić information content (AvgIpc) is 3.30. The normalized spacial score (nSPS) is 14.7. The summed E-state index contributed by atoms with van der Waals surface area (Å²) in [5.41, 5.74) is 2.79. The van der Waals surface area contributed by atoms with E-state index in [4.69, 9.17) is 11.6 Å². The molecule has 1 saturated carbocycles. The molecule has 1 amide bonds. The van der Waals surface area contributed by atoms with Crippen LogP contribution < -0.4 is 10.9 Å². The van der Waals surface area contributed by atoms with Gasteiger partial charge in [0.2, 0.25) is 0 Å². The van der Waals surface area contributed by atoms with E-state index in [0.717, 1.165) is 31.2 Å². The molecule has 1 aromatic carbocycles. The van der Waals surface area contributed by atoms with Crippen molar-refractivity contribution < 1.29 is 4.79 Å². The van der Waals surface area contributed by atoms with E-state index in [0.29, 0.717) is 33.9 Å².